The van der Waals surface area contributed by atoms with Crippen LogP contribution in [0.5, 0.6) is 5.75 Å². The zero-order valence-corrected chi connectivity index (χ0v) is 13.5. The van der Waals surface area contributed by atoms with E-state index < -0.39 is 0 Å². The van der Waals surface area contributed by atoms with Crippen molar-refractivity contribution in [1.29, 1.82) is 0 Å². The number of nitrogens with zero attached hydrogens (tertiary/aromatic N) is 1. The van der Waals surface area contributed by atoms with Crippen LogP contribution in [0.3, 0.4) is 0 Å². The van der Waals surface area contributed by atoms with Gasteiger partial charge in [0.2, 0.25) is 0 Å². The molecule has 1 unspecified atom stereocenters. The quantitative estimate of drug-likeness (QED) is 0.770. The summed E-state index contributed by atoms with van der Waals surface area (Å²) in [4.78, 5) is 14.1. The summed E-state index contributed by atoms with van der Waals surface area (Å²) >= 11 is 0. The number of carbonyl (C=O) groups is 1. The Kier molecular flexibility index (Phi) is 5.80. The monoisotopic (exact) mass is 289 g/mol. The molecule has 0 saturated carbocycles. The molecule has 0 N–H and O–H groups in total. The van der Waals surface area contributed by atoms with Gasteiger partial charge in [-0.2, -0.15) is 0 Å². The summed E-state index contributed by atoms with van der Waals surface area (Å²) in [6, 6.07) is 5.75. The fraction of sp³-hybridized carbons (Fsp3) is 0.611. The molecule has 2 rings (SSSR count). The molecule has 0 bridgehead atoms. The summed E-state index contributed by atoms with van der Waals surface area (Å²) in [5.74, 6) is 1.87. The number of hydrogen-bond donors (Lipinski definition) is 0. The molecule has 1 heterocycles. The van der Waals surface area contributed by atoms with Crippen molar-refractivity contribution in [2.45, 2.75) is 46.1 Å². The van der Waals surface area contributed by atoms with Gasteiger partial charge in [0, 0.05) is 17.7 Å². The highest BCUT2D eigenvalue weighted by Gasteiger charge is 2.17. The average molecular weight is 289 g/mol. The van der Waals surface area contributed by atoms with Crippen molar-refractivity contribution in [2.75, 3.05) is 20.2 Å². The smallest absolute Gasteiger partial charge is 0.159 e. The zero-order chi connectivity index (χ0) is 15.2. The van der Waals surface area contributed by atoms with Crippen LogP contribution in [0.15, 0.2) is 18.2 Å². The molecule has 0 spiro atoms. The predicted molar refractivity (Wildman–Crippen MR) is 85.9 cm³/mol. The van der Waals surface area contributed by atoms with Gasteiger partial charge in [-0.3, -0.25) is 9.69 Å². The van der Waals surface area contributed by atoms with Crippen molar-refractivity contribution in [3.05, 3.63) is 29.3 Å². The fourth-order valence-corrected chi connectivity index (χ4v) is 3.15. The van der Waals surface area contributed by atoms with Gasteiger partial charge in [0.1, 0.15) is 5.75 Å². The van der Waals surface area contributed by atoms with Crippen molar-refractivity contribution < 1.29 is 9.53 Å². The van der Waals surface area contributed by atoms with Gasteiger partial charge in [-0.25, -0.2) is 0 Å². The third-order valence-corrected chi connectivity index (χ3v) is 4.60. The van der Waals surface area contributed by atoms with Crippen molar-refractivity contribution in [1.82, 2.24) is 4.90 Å². The van der Waals surface area contributed by atoms with E-state index in [1.807, 2.05) is 18.2 Å². The van der Waals surface area contributed by atoms with Gasteiger partial charge < -0.3 is 4.74 Å². The van der Waals surface area contributed by atoms with Gasteiger partial charge in [0.05, 0.1) is 7.11 Å². The largest absolute Gasteiger partial charge is 0.496 e. The molecule has 1 aromatic carbocycles. The SMILES string of the molecule is CCC1CCCN(Cc2cc(C(C)=O)ccc2OC)CC1. The number of ketones is 1. The Morgan fingerprint density at radius 3 is 2.81 bits per heavy atom. The standard InChI is InChI=1S/C18H27NO2/c1-4-15-6-5-10-19(11-9-15)13-17-12-16(14(2)20)7-8-18(17)21-3/h7-8,12,15H,4-6,9-11,13H2,1-3H3. The fourth-order valence-electron chi connectivity index (χ4n) is 3.15. The first-order valence-electron chi connectivity index (χ1n) is 8.04. The van der Waals surface area contributed by atoms with E-state index in [4.69, 9.17) is 4.74 Å². The van der Waals surface area contributed by atoms with Crippen LogP contribution in [0.25, 0.3) is 0 Å². The van der Waals surface area contributed by atoms with E-state index in [1.165, 1.54) is 25.7 Å². The van der Waals surface area contributed by atoms with Gasteiger partial charge >= 0.3 is 0 Å². The molecule has 1 aromatic rings. The zero-order valence-electron chi connectivity index (χ0n) is 13.5. The second kappa shape index (κ2) is 7.60. The minimum Gasteiger partial charge on any atom is -0.496 e. The molecule has 1 saturated heterocycles. The molecular weight excluding hydrogens is 262 g/mol. The number of Topliss-reactive ketones (excluding diaryl/α,β-unsaturated/α-hetero) is 1. The van der Waals surface area contributed by atoms with Crippen LogP contribution in [0, 0.1) is 5.92 Å². The van der Waals surface area contributed by atoms with E-state index in [9.17, 15) is 4.79 Å². The van der Waals surface area contributed by atoms with Crippen LogP contribution in [-0.2, 0) is 6.54 Å². The summed E-state index contributed by atoms with van der Waals surface area (Å²) in [6.07, 6.45) is 5.19. The molecule has 1 aliphatic rings. The Balaban J connectivity index is 2.10. The lowest BCUT2D eigenvalue weighted by Crippen LogP contribution is -2.24. The third-order valence-electron chi connectivity index (χ3n) is 4.60. The lowest BCUT2D eigenvalue weighted by atomic mass is 9.98. The summed E-state index contributed by atoms with van der Waals surface area (Å²) in [5.41, 5.74) is 1.90. The highest BCUT2D eigenvalue weighted by atomic mass is 16.5. The number of benzene rings is 1. The van der Waals surface area contributed by atoms with Gasteiger partial charge in [-0.15, -0.1) is 0 Å². The Morgan fingerprint density at radius 2 is 2.14 bits per heavy atom. The normalized spacial score (nSPS) is 20.0. The first kappa shape index (κ1) is 16.0. The minimum absolute atomic E-state index is 0.112. The lowest BCUT2D eigenvalue weighted by Gasteiger charge is -2.21. The van der Waals surface area contributed by atoms with E-state index in [0.29, 0.717) is 0 Å². The molecule has 3 heteroatoms. The van der Waals surface area contributed by atoms with Crippen LogP contribution in [0.4, 0.5) is 0 Å². The van der Waals surface area contributed by atoms with E-state index >= 15 is 0 Å². The highest BCUT2D eigenvalue weighted by molar-refractivity contribution is 5.94. The second-order valence-corrected chi connectivity index (χ2v) is 6.06. The molecule has 1 aliphatic heterocycles. The van der Waals surface area contributed by atoms with E-state index in [0.717, 1.165) is 42.4 Å². The van der Waals surface area contributed by atoms with E-state index in [1.54, 1.807) is 14.0 Å². The molecule has 21 heavy (non-hydrogen) atoms. The van der Waals surface area contributed by atoms with Crippen LogP contribution in [0.2, 0.25) is 0 Å². The van der Waals surface area contributed by atoms with Crippen molar-refractivity contribution in [3.8, 4) is 5.75 Å². The maximum absolute atomic E-state index is 11.6. The number of ether oxygens (including phenoxy) is 1. The van der Waals surface area contributed by atoms with Crippen molar-refractivity contribution in [2.24, 2.45) is 5.92 Å². The molecule has 1 atom stereocenters. The second-order valence-electron chi connectivity index (χ2n) is 6.06. The number of hydrogen-bond acceptors (Lipinski definition) is 3. The number of likely N-dealkylation sites (tertiary alicyclic amines) is 1. The molecule has 3 nitrogen and oxygen atoms in total. The Labute approximate surface area is 128 Å². The summed E-state index contributed by atoms with van der Waals surface area (Å²) < 4.78 is 5.46. The van der Waals surface area contributed by atoms with Crippen LogP contribution >= 0.6 is 0 Å². The maximum atomic E-state index is 11.6. The molecular formula is C18H27NO2. The Hall–Kier alpha value is -1.35. The average Bonchev–Trinajstić information content (AvgIpc) is 2.72. The molecule has 0 radical (unpaired) electrons. The molecule has 0 aromatic heterocycles. The topological polar surface area (TPSA) is 29.5 Å². The Morgan fingerprint density at radius 1 is 1.33 bits per heavy atom. The Bertz CT molecular complexity index is 484. The summed E-state index contributed by atoms with van der Waals surface area (Å²) in [7, 11) is 1.70. The van der Waals surface area contributed by atoms with Crippen LogP contribution in [0.1, 0.15) is 55.5 Å². The number of methoxy groups -OCH3 is 1. The molecule has 116 valence electrons. The highest BCUT2D eigenvalue weighted by Crippen LogP contribution is 2.25. The van der Waals surface area contributed by atoms with Gasteiger partial charge in [-0.05, 0) is 63.4 Å². The first-order chi connectivity index (χ1) is 10.1. The maximum Gasteiger partial charge on any atom is 0.159 e. The van der Waals surface area contributed by atoms with Gasteiger partial charge in [0.25, 0.3) is 0 Å². The number of carbonyl (C=O) groups excluding carboxylic acids is 1. The summed E-state index contributed by atoms with van der Waals surface area (Å²) in [5, 5.41) is 0. The first-order valence-corrected chi connectivity index (χ1v) is 8.04. The summed E-state index contributed by atoms with van der Waals surface area (Å²) in [6.45, 7) is 7.07. The van der Waals surface area contributed by atoms with Crippen molar-refractivity contribution >= 4 is 5.78 Å². The third kappa shape index (κ3) is 4.31. The van der Waals surface area contributed by atoms with Crippen LogP contribution < -0.4 is 4.74 Å². The lowest BCUT2D eigenvalue weighted by molar-refractivity contribution is 0.101. The number of rotatable bonds is 5. The van der Waals surface area contributed by atoms with Crippen molar-refractivity contribution in [3.63, 3.8) is 0 Å². The predicted octanol–water partition coefficient (Wildman–Crippen LogP) is 3.91. The van der Waals surface area contributed by atoms with E-state index in [2.05, 4.69) is 11.8 Å². The van der Waals surface area contributed by atoms with Crippen LogP contribution in [-0.4, -0.2) is 30.9 Å². The molecule has 0 aliphatic carbocycles. The molecule has 0 amide bonds. The van der Waals surface area contributed by atoms with E-state index in [-0.39, 0.29) is 5.78 Å². The molecule has 1 fully saturated rings. The van der Waals surface area contributed by atoms with Gasteiger partial charge in [-0.1, -0.05) is 13.3 Å². The van der Waals surface area contributed by atoms with Gasteiger partial charge in [0.15, 0.2) is 5.78 Å². The minimum atomic E-state index is 0.112.